The number of carbonyl (C=O) groups excluding carboxylic acids is 3. The van der Waals surface area contributed by atoms with E-state index in [1.165, 1.54) is 10.8 Å². The van der Waals surface area contributed by atoms with Gasteiger partial charge in [-0.1, -0.05) is 26.8 Å². The number of nitrogens with zero attached hydrogens (tertiary/aromatic N) is 4. The molecule has 0 radical (unpaired) electrons. The maximum Gasteiger partial charge on any atom is 0.270 e. The van der Waals surface area contributed by atoms with Gasteiger partial charge in [0, 0.05) is 62.3 Å². The van der Waals surface area contributed by atoms with E-state index in [1.807, 2.05) is 36.6 Å². The molecule has 0 unspecified atom stereocenters. The molecule has 214 valence electrons. The first-order valence-corrected chi connectivity index (χ1v) is 14.1. The summed E-state index contributed by atoms with van der Waals surface area (Å²) in [5.41, 5.74) is 0.423. The van der Waals surface area contributed by atoms with Crippen LogP contribution in [0.2, 0.25) is 0 Å². The molecule has 40 heavy (non-hydrogen) atoms. The number of hydrogen-bond donors (Lipinski definition) is 3. The number of nitrogens with one attached hydrogen (secondary N) is 3. The summed E-state index contributed by atoms with van der Waals surface area (Å²) >= 11 is 1.07. The Bertz CT molecular complexity index is 1470. The maximum absolute atomic E-state index is 12.9. The Kier molecular flexibility index (Phi) is 10.3. The van der Waals surface area contributed by atoms with Gasteiger partial charge in [-0.25, -0.2) is 0 Å². The van der Waals surface area contributed by atoms with E-state index in [0.29, 0.717) is 59.8 Å². The van der Waals surface area contributed by atoms with E-state index >= 15 is 0 Å². The topological polar surface area (TPSA) is 140 Å². The van der Waals surface area contributed by atoms with Crippen molar-refractivity contribution in [1.82, 2.24) is 19.7 Å². The molecule has 1 aliphatic rings. The van der Waals surface area contributed by atoms with Crippen molar-refractivity contribution in [2.45, 2.75) is 41.2 Å². The predicted molar refractivity (Wildman–Crippen MR) is 157 cm³/mol. The standard InChI is InChI=1S/C28H37N7O4S/c1-6-30-24(37)21(16-29)26-35(7-2)25(38)22(40-26)17-31-19-9-8-10-20(15-19)32-23(36)18-33-11-13-34(14-12-33)27(39)28(3,4)5/h8-10,15,17,31H,6-7,11-14,18H2,1-5H3,(H,30,37)(H,32,36). The lowest BCUT2D eigenvalue weighted by Crippen LogP contribution is -2.52. The highest BCUT2D eigenvalue weighted by Crippen LogP contribution is 2.19. The van der Waals surface area contributed by atoms with E-state index in [0.717, 1.165) is 11.3 Å². The Labute approximate surface area is 237 Å². The molecule has 1 saturated heterocycles. The Morgan fingerprint density at radius 3 is 2.38 bits per heavy atom. The van der Waals surface area contributed by atoms with Crippen molar-refractivity contribution in [3.05, 3.63) is 43.8 Å². The second-order valence-electron chi connectivity index (χ2n) is 10.4. The quantitative estimate of drug-likeness (QED) is 0.427. The third-order valence-corrected chi connectivity index (χ3v) is 7.43. The van der Waals surface area contributed by atoms with Crippen LogP contribution in [0.25, 0.3) is 11.8 Å². The third kappa shape index (κ3) is 7.58. The highest BCUT2D eigenvalue weighted by Gasteiger charge is 2.30. The van der Waals surface area contributed by atoms with Crippen LogP contribution in [0.1, 0.15) is 34.6 Å². The van der Waals surface area contributed by atoms with Gasteiger partial charge in [0.25, 0.3) is 11.5 Å². The molecule has 2 aromatic rings. The number of rotatable bonds is 8. The Morgan fingerprint density at radius 1 is 1.10 bits per heavy atom. The summed E-state index contributed by atoms with van der Waals surface area (Å²) in [6, 6.07) is 9.03. The maximum atomic E-state index is 12.9. The van der Waals surface area contributed by atoms with E-state index in [4.69, 9.17) is 0 Å². The van der Waals surface area contributed by atoms with Gasteiger partial charge >= 0.3 is 0 Å². The van der Waals surface area contributed by atoms with Gasteiger partial charge in [-0.05, 0) is 32.0 Å². The molecule has 3 rings (SSSR count). The fraction of sp³-hybridized carbons (Fsp3) is 0.464. The largest absolute Gasteiger partial charge is 0.360 e. The van der Waals surface area contributed by atoms with E-state index < -0.39 is 11.3 Å². The zero-order valence-electron chi connectivity index (χ0n) is 23.7. The molecule has 1 aromatic carbocycles. The lowest BCUT2D eigenvalue weighted by molar-refractivity contribution is -0.141. The van der Waals surface area contributed by atoms with Crippen molar-refractivity contribution in [2.24, 2.45) is 5.41 Å². The van der Waals surface area contributed by atoms with Crippen LogP contribution in [0.4, 0.5) is 11.4 Å². The summed E-state index contributed by atoms with van der Waals surface area (Å²) in [7, 11) is 0. The van der Waals surface area contributed by atoms with Crippen LogP contribution >= 0.6 is 11.3 Å². The Balaban J connectivity index is 1.68. The molecule has 1 aromatic heterocycles. The van der Waals surface area contributed by atoms with Crippen LogP contribution in [0, 0.1) is 16.7 Å². The molecular weight excluding hydrogens is 530 g/mol. The number of thiazole rings is 1. The van der Waals surface area contributed by atoms with Gasteiger partial charge in [0.1, 0.15) is 15.3 Å². The summed E-state index contributed by atoms with van der Waals surface area (Å²) in [6.07, 6.45) is 1.54. The van der Waals surface area contributed by atoms with Crippen molar-refractivity contribution in [2.75, 3.05) is 49.9 Å². The summed E-state index contributed by atoms with van der Waals surface area (Å²) in [5.74, 6) is -0.553. The molecule has 3 N–H and O–H groups in total. The van der Waals surface area contributed by atoms with Crippen molar-refractivity contribution in [3.63, 3.8) is 0 Å². The number of carbonyl (C=O) groups is 3. The summed E-state index contributed by atoms with van der Waals surface area (Å²) < 4.78 is 2.05. The average Bonchev–Trinajstić information content (AvgIpc) is 3.22. The van der Waals surface area contributed by atoms with Gasteiger partial charge in [-0.2, -0.15) is 5.26 Å². The molecule has 0 spiro atoms. The number of hydrogen-bond acceptors (Lipinski definition) is 8. The van der Waals surface area contributed by atoms with Crippen LogP contribution in [-0.4, -0.2) is 71.4 Å². The van der Waals surface area contributed by atoms with E-state index in [2.05, 4.69) is 16.0 Å². The third-order valence-electron chi connectivity index (χ3n) is 6.30. The van der Waals surface area contributed by atoms with Crippen LogP contribution < -0.4 is 30.7 Å². The summed E-state index contributed by atoms with van der Waals surface area (Å²) in [5, 5.41) is 18.1. The number of anilines is 2. The zero-order valence-corrected chi connectivity index (χ0v) is 24.5. The fourth-order valence-corrected chi connectivity index (χ4v) is 5.35. The van der Waals surface area contributed by atoms with Crippen molar-refractivity contribution < 1.29 is 14.4 Å². The van der Waals surface area contributed by atoms with Crippen LogP contribution in [0.15, 0.2) is 29.1 Å². The van der Waals surface area contributed by atoms with Crippen molar-refractivity contribution in [3.8, 4) is 6.07 Å². The molecule has 0 aliphatic carbocycles. The number of aromatic nitrogens is 1. The monoisotopic (exact) mass is 567 g/mol. The van der Waals surface area contributed by atoms with Gasteiger partial charge in [-0.15, -0.1) is 11.3 Å². The Morgan fingerprint density at radius 2 is 1.77 bits per heavy atom. The highest BCUT2D eigenvalue weighted by molar-refractivity contribution is 7.07. The van der Waals surface area contributed by atoms with Gasteiger partial charge in [0.15, 0.2) is 5.57 Å². The minimum absolute atomic E-state index is 0.0997. The van der Waals surface area contributed by atoms with Crippen LogP contribution in [0.3, 0.4) is 0 Å². The lowest BCUT2D eigenvalue weighted by atomic mass is 9.94. The minimum Gasteiger partial charge on any atom is -0.360 e. The van der Waals surface area contributed by atoms with E-state index in [9.17, 15) is 24.4 Å². The first kappa shape index (κ1) is 30.6. The SMILES string of the molecule is CCNC(=O)C(C#N)=c1sc(=CNc2cccc(NC(=O)CN3CCN(C(=O)C(C)(C)C)CC3)c2)c(=O)n1CC. The number of piperazine rings is 1. The van der Waals surface area contributed by atoms with Gasteiger partial charge in [0.05, 0.1) is 6.54 Å². The van der Waals surface area contributed by atoms with Gasteiger partial charge in [0.2, 0.25) is 11.8 Å². The summed E-state index contributed by atoms with van der Waals surface area (Å²) in [4.78, 5) is 54.3. The normalized spacial score (nSPS) is 15.3. The van der Waals surface area contributed by atoms with Crippen LogP contribution in [-0.2, 0) is 20.9 Å². The second kappa shape index (κ2) is 13.4. The fourth-order valence-electron chi connectivity index (χ4n) is 4.26. The van der Waals surface area contributed by atoms with E-state index in [1.54, 1.807) is 38.1 Å². The molecule has 3 amide bonds. The van der Waals surface area contributed by atoms with Gasteiger partial charge in [-0.3, -0.25) is 28.6 Å². The molecule has 0 saturated carbocycles. The number of nitriles is 1. The molecule has 11 nitrogen and oxygen atoms in total. The minimum atomic E-state index is -0.517. The molecule has 12 heteroatoms. The molecule has 0 bridgehead atoms. The van der Waals surface area contributed by atoms with Crippen LogP contribution in [0.5, 0.6) is 0 Å². The average molecular weight is 568 g/mol. The van der Waals surface area contributed by atoms with Gasteiger partial charge < -0.3 is 20.9 Å². The zero-order chi connectivity index (χ0) is 29.4. The molecule has 2 heterocycles. The predicted octanol–water partition coefficient (Wildman–Crippen LogP) is 0.719. The smallest absolute Gasteiger partial charge is 0.270 e. The molecule has 1 aliphatic heterocycles. The lowest BCUT2D eigenvalue weighted by Gasteiger charge is -2.37. The first-order valence-electron chi connectivity index (χ1n) is 13.3. The first-order chi connectivity index (χ1) is 19.0. The Hall–Kier alpha value is -3.95. The van der Waals surface area contributed by atoms with E-state index in [-0.39, 0.29) is 29.5 Å². The second-order valence-corrected chi connectivity index (χ2v) is 11.4. The molecule has 1 fully saturated rings. The number of amides is 3. The highest BCUT2D eigenvalue weighted by atomic mass is 32.1. The molecular formula is C28H37N7O4S. The number of benzene rings is 1. The van der Waals surface area contributed by atoms with Crippen molar-refractivity contribution in [1.29, 1.82) is 5.26 Å². The summed E-state index contributed by atoms with van der Waals surface area (Å²) in [6.45, 7) is 12.6. The molecule has 0 atom stereocenters. The van der Waals surface area contributed by atoms with Crippen molar-refractivity contribution >= 4 is 52.2 Å².